The van der Waals surface area contributed by atoms with Crippen molar-refractivity contribution in [1.82, 2.24) is 4.57 Å². The lowest BCUT2D eigenvalue weighted by Gasteiger charge is -2.31. The summed E-state index contributed by atoms with van der Waals surface area (Å²) in [5.41, 5.74) is -1.81. The van der Waals surface area contributed by atoms with Crippen LogP contribution in [0.2, 0.25) is 0 Å². The van der Waals surface area contributed by atoms with E-state index < -0.39 is 11.8 Å². The first-order valence-electron chi connectivity index (χ1n) is 8.43. The third-order valence-electron chi connectivity index (χ3n) is 4.74. The maximum Gasteiger partial charge on any atom is 0.425 e. The van der Waals surface area contributed by atoms with Crippen LogP contribution in [0, 0.1) is 0 Å². The van der Waals surface area contributed by atoms with E-state index in [1.807, 2.05) is 34.9 Å². The van der Waals surface area contributed by atoms with Gasteiger partial charge in [-0.05, 0) is 41.5 Å². The maximum atomic E-state index is 13.9. The molecule has 0 fully saturated rings. The first-order chi connectivity index (χ1) is 12.9. The van der Waals surface area contributed by atoms with Crippen molar-refractivity contribution >= 4 is 10.9 Å². The van der Waals surface area contributed by atoms with E-state index in [0.717, 1.165) is 11.2 Å². The number of hydrogen-bond acceptors (Lipinski definition) is 1. The van der Waals surface area contributed by atoms with E-state index in [1.54, 1.807) is 24.4 Å². The highest BCUT2D eigenvalue weighted by Crippen LogP contribution is 2.44. The minimum absolute atomic E-state index is 0.209. The molecule has 0 aliphatic carbocycles. The van der Waals surface area contributed by atoms with Crippen LogP contribution in [0.1, 0.15) is 11.1 Å². The summed E-state index contributed by atoms with van der Waals surface area (Å²) >= 11 is 0. The molecule has 0 amide bonds. The van der Waals surface area contributed by atoms with Crippen molar-refractivity contribution in [2.75, 3.05) is 0 Å². The van der Waals surface area contributed by atoms with E-state index in [1.165, 1.54) is 36.4 Å². The molecule has 1 heterocycles. The highest BCUT2D eigenvalue weighted by atomic mass is 19.4. The number of hydrogen-bond donors (Lipinski definition) is 1. The van der Waals surface area contributed by atoms with Gasteiger partial charge in [-0.2, -0.15) is 13.2 Å². The average molecular weight is 367 g/mol. The molecular formula is C22H16F3NO. The van der Waals surface area contributed by atoms with Gasteiger partial charge in [-0.3, -0.25) is 0 Å². The summed E-state index contributed by atoms with van der Waals surface area (Å²) in [7, 11) is 0. The Morgan fingerprint density at radius 3 is 1.96 bits per heavy atom. The van der Waals surface area contributed by atoms with Crippen LogP contribution in [0.5, 0.6) is 0 Å². The van der Waals surface area contributed by atoms with Gasteiger partial charge in [-0.25, -0.2) is 0 Å². The van der Waals surface area contributed by atoms with Crippen molar-refractivity contribution in [3.63, 3.8) is 0 Å². The predicted octanol–water partition coefficient (Wildman–Crippen LogP) is 5.43. The van der Waals surface area contributed by atoms with Gasteiger partial charge in [0, 0.05) is 17.3 Å². The second-order valence-electron chi connectivity index (χ2n) is 6.37. The van der Waals surface area contributed by atoms with Gasteiger partial charge in [-0.1, -0.05) is 54.6 Å². The van der Waals surface area contributed by atoms with Crippen molar-refractivity contribution < 1.29 is 18.3 Å². The minimum Gasteiger partial charge on any atom is -0.372 e. The van der Waals surface area contributed by atoms with Crippen LogP contribution >= 0.6 is 0 Å². The zero-order valence-corrected chi connectivity index (χ0v) is 14.2. The summed E-state index contributed by atoms with van der Waals surface area (Å²) in [5.74, 6) is 0. The molecule has 5 heteroatoms. The van der Waals surface area contributed by atoms with Crippen molar-refractivity contribution in [1.29, 1.82) is 0 Å². The Kier molecular flexibility index (Phi) is 4.04. The van der Waals surface area contributed by atoms with Gasteiger partial charge in [0.05, 0.1) is 5.52 Å². The molecule has 0 saturated heterocycles. The lowest BCUT2D eigenvalue weighted by molar-refractivity contribution is -0.248. The average Bonchev–Trinajstić information content (AvgIpc) is 3.11. The SMILES string of the molecule is OC(c1ccccc1)(c1ccc2c(ccn2-c2ccccc2)c1)C(F)(F)F. The highest BCUT2D eigenvalue weighted by Gasteiger charge is 2.56. The maximum absolute atomic E-state index is 13.9. The van der Waals surface area contributed by atoms with Gasteiger partial charge in [0.1, 0.15) is 0 Å². The molecule has 0 bridgehead atoms. The Bertz CT molecular complexity index is 1070. The van der Waals surface area contributed by atoms with E-state index in [2.05, 4.69) is 0 Å². The quantitative estimate of drug-likeness (QED) is 0.513. The number of fused-ring (bicyclic) bond motifs is 1. The Balaban J connectivity index is 1.88. The van der Waals surface area contributed by atoms with E-state index in [0.29, 0.717) is 5.39 Å². The fourth-order valence-corrected chi connectivity index (χ4v) is 3.35. The Labute approximate surface area is 154 Å². The van der Waals surface area contributed by atoms with Crippen LogP contribution in [0.25, 0.3) is 16.6 Å². The zero-order valence-electron chi connectivity index (χ0n) is 14.2. The van der Waals surface area contributed by atoms with Gasteiger partial charge in [0.25, 0.3) is 0 Å². The Morgan fingerprint density at radius 1 is 0.704 bits per heavy atom. The smallest absolute Gasteiger partial charge is 0.372 e. The number of aliphatic hydroxyl groups is 1. The van der Waals surface area contributed by atoms with Gasteiger partial charge in [-0.15, -0.1) is 0 Å². The second kappa shape index (κ2) is 6.28. The lowest BCUT2D eigenvalue weighted by atomic mass is 9.85. The number of aromatic nitrogens is 1. The zero-order chi connectivity index (χ0) is 19.1. The monoisotopic (exact) mass is 367 g/mol. The van der Waals surface area contributed by atoms with Crippen LogP contribution in [0.4, 0.5) is 13.2 Å². The number of nitrogens with zero attached hydrogens (tertiary/aromatic N) is 1. The van der Waals surface area contributed by atoms with Crippen LogP contribution in [-0.4, -0.2) is 15.8 Å². The van der Waals surface area contributed by atoms with Crippen LogP contribution in [0.3, 0.4) is 0 Å². The van der Waals surface area contributed by atoms with E-state index in [4.69, 9.17) is 0 Å². The summed E-state index contributed by atoms with van der Waals surface area (Å²) in [6, 6.07) is 22.8. The molecule has 0 aliphatic heterocycles. The normalized spacial score (nSPS) is 14.2. The molecule has 27 heavy (non-hydrogen) atoms. The summed E-state index contributed by atoms with van der Waals surface area (Å²) < 4.78 is 43.6. The summed E-state index contributed by atoms with van der Waals surface area (Å²) in [6.07, 6.45) is -3.05. The molecule has 0 spiro atoms. The molecule has 3 aromatic carbocycles. The number of alkyl halides is 3. The van der Waals surface area contributed by atoms with Crippen molar-refractivity contribution in [2.24, 2.45) is 0 Å². The number of rotatable bonds is 3. The fraction of sp³-hybridized carbons (Fsp3) is 0.0909. The third kappa shape index (κ3) is 2.80. The van der Waals surface area contributed by atoms with Crippen molar-refractivity contribution in [3.05, 3.63) is 102 Å². The summed E-state index contributed by atoms with van der Waals surface area (Å²) in [4.78, 5) is 0. The third-order valence-corrected chi connectivity index (χ3v) is 4.74. The number of para-hydroxylation sites is 1. The molecule has 2 nitrogen and oxygen atoms in total. The molecule has 0 aliphatic rings. The number of benzene rings is 3. The lowest BCUT2D eigenvalue weighted by Crippen LogP contribution is -2.43. The fourth-order valence-electron chi connectivity index (χ4n) is 3.35. The van der Waals surface area contributed by atoms with Crippen molar-refractivity contribution in [3.8, 4) is 5.69 Å². The van der Waals surface area contributed by atoms with Gasteiger partial charge in [0.2, 0.25) is 5.60 Å². The van der Waals surface area contributed by atoms with Crippen LogP contribution in [-0.2, 0) is 5.60 Å². The van der Waals surface area contributed by atoms with Gasteiger partial charge >= 0.3 is 6.18 Å². The molecule has 1 aromatic heterocycles. The van der Waals surface area contributed by atoms with Gasteiger partial charge in [0.15, 0.2) is 0 Å². The van der Waals surface area contributed by atoms with E-state index in [9.17, 15) is 18.3 Å². The first kappa shape index (κ1) is 17.4. The first-order valence-corrected chi connectivity index (χ1v) is 8.43. The molecule has 0 saturated carbocycles. The predicted molar refractivity (Wildman–Crippen MR) is 98.8 cm³/mol. The van der Waals surface area contributed by atoms with E-state index in [-0.39, 0.29) is 11.1 Å². The largest absolute Gasteiger partial charge is 0.425 e. The molecule has 136 valence electrons. The molecule has 1 N–H and O–H groups in total. The molecule has 1 atom stereocenters. The molecule has 4 aromatic rings. The van der Waals surface area contributed by atoms with Crippen molar-refractivity contribution in [2.45, 2.75) is 11.8 Å². The standard InChI is InChI=1S/C22H16F3NO/c23-22(24,25)21(27,17-7-3-1-4-8-17)18-11-12-20-16(15-18)13-14-26(20)19-9-5-2-6-10-19/h1-15,27H. The van der Waals surface area contributed by atoms with Crippen LogP contribution < -0.4 is 0 Å². The number of halogens is 3. The van der Waals surface area contributed by atoms with Gasteiger partial charge < -0.3 is 9.67 Å². The topological polar surface area (TPSA) is 25.2 Å². The van der Waals surface area contributed by atoms with Crippen LogP contribution in [0.15, 0.2) is 91.1 Å². The second-order valence-corrected chi connectivity index (χ2v) is 6.37. The summed E-state index contributed by atoms with van der Waals surface area (Å²) in [6.45, 7) is 0. The highest BCUT2D eigenvalue weighted by molar-refractivity contribution is 5.83. The molecular weight excluding hydrogens is 351 g/mol. The Morgan fingerprint density at radius 2 is 1.33 bits per heavy atom. The Hall–Kier alpha value is -3.05. The van der Waals surface area contributed by atoms with E-state index >= 15 is 0 Å². The molecule has 4 rings (SSSR count). The molecule has 1 unspecified atom stereocenters. The minimum atomic E-state index is -4.86. The molecule has 0 radical (unpaired) electrons. The summed E-state index contributed by atoms with van der Waals surface area (Å²) in [5, 5.41) is 11.4.